The molecule has 1 unspecified atom stereocenters. The molecule has 0 bridgehead atoms. The van der Waals surface area contributed by atoms with Gasteiger partial charge in [0, 0.05) is 31.7 Å². The zero-order valence-electron chi connectivity index (χ0n) is 11.4. The molecule has 6 heteroatoms. The Morgan fingerprint density at radius 3 is 2.89 bits per heavy atom. The van der Waals surface area contributed by atoms with E-state index in [2.05, 4.69) is 15.5 Å². The molecule has 1 saturated heterocycles. The number of nitrogens with zero attached hydrogens (tertiary/aromatic N) is 1. The summed E-state index contributed by atoms with van der Waals surface area (Å²) < 4.78 is 0. The van der Waals surface area contributed by atoms with Gasteiger partial charge >= 0.3 is 6.03 Å². The number of carbonyl (C=O) groups excluding carboxylic acids is 1. The Bertz CT molecular complexity index is 260. The molecule has 106 valence electrons. The smallest absolute Gasteiger partial charge is 0.315 e. The van der Waals surface area contributed by atoms with Gasteiger partial charge in [-0.25, -0.2) is 4.79 Å². The molecular formula is C12H26N4O2. The number of β-amino-alcohol motifs (C(OH)–C–C–N with tert-alkyl or cyclic N) is 1. The summed E-state index contributed by atoms with van der Waals surface area (Å²) in [5.74, 6) is 0. The molecule has 0 aromatic rings. The summed E-state index contributed by atoms with van der Waals surface area (Å²) in [4.78, 5) is 13.8. The third-order valence-electron chi connectivity index (χ3n) is 3.00. The van der Waals surface area contributed by atoms with Crippen LogP contribution in [0.25, 0.3) is 0 Å². The van der Waals surface area contributed by atoms with E-state index in [1.807, 2.05) is 13.8 Å². The molecule has 0 aliphatic carbocycles. The van der Waals surface area contributed by atoms with Crippen molar-refractivity contribution in [2.45, 2.75) is 44.9 Å². The molecule has 18 heavy (non-hydrogen) atoms. The predicted octanol–water partition coefficient (Wildman–Crippen LogP) is -0.522. The van der Waals surface area contributed by atoms with Crippen molar-refractivity contribution in [2.24, 2.45) is 5.73 Å². The van der Waals surface area contributed by atoms with Crippen molar-refractivity contribution in [2.75, 3.05) is 26.2 Å². The number of piperidine rings is 1. The zero-order valence-corrected chi connectivity index (χ0v) is 11.4. The highest BCUT2D eigenvalue weighted by atomic mass is 16.3. The fraction of sp³-hybridized carbons (Fsp3) is 0.917. The van der Waals surface area contributed by atoms with Crippen LogP contribution in [0.5, 0.6) is 0 Å². The topological polar surface area (TPSA) is 90.6 Å². The van der Waals surface area contributed by atoms with Crippen molar-refractivity contribution in [1.29, 1.82) is 0 Å². The number of nitrogens with one attached hydrogen (secondary N) is 2. The molecule has 1 fully saturated rings. The number of nitrogens with two attached hydrogens (primary N) is 1. The van der Waals surface area contributed by atoms with Crippen LogP contribution in [0.2, 0.25) is 0 Å². The standard InChI is InChI=1S/C12H26N4O2/c1-9(2)14-12(18)15-10-4-3-5-16(7-10)8-11(17)6-13/h9-11,17H,3-8,13H2,1-2H3,(H2,14,15,18)/t10-,11?/m1/s1. The summed E-state index contributed by atoms with van der Waals surface area (Å²) in [6.45, 7) is 6.47. The van der Waals surface area contributed by atoms with Gasteiger partial charge in [-0.3, -0.25) is 4.90 Å². The molecule has 6 nitrogen and oxygen atoms in total. The number of likely N-dealkylation sites (tertiary alicyclic amines) is 1. The second-order valence-corrected chi connectivity index (χ2v) is 5.26. The Hall–Kier alpha value is -0.850. The molecule has 2 amide bonds. The van der Waals surface area contributed by atoms with Crippen molar-refractivity contribution >= 4 is 6.03 Å². The molecule has 2 atom stereocenters. The van der Waals surface area contributed by atoms with E-state index in [1.165, 1.54) is 0 Å². The zero-order chi connectivity index (χ0) is 13.5. The molecule has 0 spiro atoms. The van der Waals surface area contributed by atoms with Crippen LogP contribution >= 0.6 is 0 Å². The van der Waals surface area contributed by atoms with Gasteiger partial charge < -0.3 is 21.5 Å². The molecule has 0 radical (unpaired) electrons. The maximum Gasteiger partial charge on any atom is 0.315 e. The van der Waals surface area contributed by atoms with Crippen LogP contribution in [0.1, 0.15) is 26.7 Å². The lowest BCUT2D eigenvalue weighted by Crippen LogP contribution is -2.52. The van der Waals surface area contributed by atoms with E-state index in [0.717, 1.165) is 25.9 Å². The number of amides is 2. The predicted molar refractivity (Wildman–Crippen MR) is 71.3 cm³/mol. The Kier molecular flexibility index (Phi) is 6.38. The molecule has 1 heterocycles. The van der Waals surface area contributed by atoms with E-state index >= 15 is 0 Å². The van der Waals surface area contributed by atoms with E-state index in [4.69, 9.17) is 5.73 Å². The Morgan fingerprint density at radius 2 is 2.28 bits per heavy atom. The number of rotatable bonds is 5. The number of urea groups is 1. The molecule has 1 rings (SSSR count). The van der Waals surface area contributed by atoms with Gasteiger partial charge in [0.1, 0.15) is 0 Å². The first-order valence-electron chi connectivity index (χ1n) is 6.68. The maximum atomic E-state index is 11.6. The second kappa shape index (κ2) is 7.56. The summed E-state index contributed by atoms with van der Waals surface area (Å²) >= 11 is 0. The van der Waals surface area contributed by atoms with Gasteiger partial charge in [-0.1, -0.05) is 0 Å². The van der Waals surface area contributed by atoms with Crippen LogP contribution in [0, 0.1) is 0 Å². The van der Waals surface area contributed by atoms with Gasteiger partial charge in [0.05, 0.1) is 6.10 Å². The summed E-state index contributed by atoms with van der Waals surface area (Å²) in [7, 11) is 0. The van der Waals surface area contributed by atoms with Crippen molar-refractivity contribution in [3.63, 3.8) is 0 Å². The Morgan fingerprint density at radius 1 is 1.56 bits per heavy atom. The maximum absolute atomic E-state index is 11.6. The molecule has 0 saturated carbocycles. The lowest BCUT2D eigenvalue weighted by Gasteiger charge is -2.34. The van der Waals surface area contributed by atoms with Gasteiger partial charge in [0.2, 0.25) is 0 Å². The fourth-order valence-electron chi connectivity index (χ4n) is 2.20. The summed E-state index contributed by atoms with van der Waals surface area (Å²) in [5.41, 5.74) is 5.40. The largest absolute Gasteiger partial charge is 0.390 e. The minimum atomic E-state index is -0.478. The molecule has 0 aromatic carbocycles. The van der Waals surface area contributed by atoms with Gasteiger partial charge in [0.25, 0.3) is 0 Å². The molecule has 1 aliphatic heterocycles. The minimum absolute atomic E-state index is 0.115. The first-order chi connectivity index (χ1) is 8.51. The van der Waals surface area contributed by atoms with Crippen molar-refractivity contribution in [3.8, 4) is 0 Å². The average Bonchev–Trinajstić information content (AvgIpc) is 2.28. The van der Waals surface area contributed by atoms with Crippen LogP contribution in [0.3, 0.4) is 0 Å². The van der Waals surface area contributed by atoms with Gasteiger partial charge in [-0.05, 0) is 33.2 Å². The van der Waals surface area contributed by atoms with Crippen LogP contribution in [-0.2, 0) is 0 Å². The van der Waals surface area contributed by atoms with E-state index in [0.29, 0.717) is 6.54 Å². The van der Waals surface area contributed by atoms with Crippen molar-refractivity contribution in [3.05, 3.63) is 0 Å². The molecule has 5 N–H and O–H groups in total. The Balaban J connectivity index is 2.32. The van der Waals surface area contributed by atoms with E-state index in [-0.39, 0.29) is 24.7 Å². The van der Waals surface area contributed by atoms with Crippen LogP contribution < -0.4 is 16.4 Å². The highest BCUT2D eigenvalue weighted by Crippen LogP contribution is 2.10. The molecular weight excluding hydrogens is 232 g/mol. The minimum Gasteiger partial charge on any atom is -0.390 e. The summed E-state index contributed by atoms with van der Waals surface area (Å²) in [5, 5.41) is 15.3. The van der Waals surface area contributed by atoms with Gasteiger partial charge in [-0.2, -0.15) is 0 Å². The third-order valence-corrected chi connectivity index (χ3v) is 3.00. The normalized spacial score (nSPS) is 22.8. The highest BCUT2D eigenvalue weighted by molar-refractivity contribution is 5.74. The van der Waals surface area contributed by atoms with Crippen LogP contribution in [0.15, 0.2) is 0 Å². The quantitative estimate of drug-likeness (QED) is 0.534. The monoisotopic (exact) mass is 258 g/mol. The van der Waals surface area contributed by atoms with E-state index in [1.54, 1.807) is 0 Å². The lowest BCUT2D eigenvalue weighted by atomic mass is 10.1. The summed E-state index contributed by atoms with van der Waals surface area (Å²) in [6, 6.07) is 0.183. The molecule has 0 aromatic heterocycles. The van der Waals surface area contributed by atoms with Gasteiger partial charge in [0.15, 0.2) is 0 Å². The van der Waals surface area contributed by atoms with E-state index < -0.39 is 6.10 Å². The first-order valence-corrected chi connectivity index (χ1v) is 6.68. The highest BCUT2D eigenvalue weighted by Gasteiger charge is 2.22. The van der Waals surface area contributed by atoms with Crippen LogP contribution in [-0.4, -0.2) is 60.4 Å². The van der Waals surface area contributed by atoms with E-state index in [9.17, 15) is 9.90 Å². The summed E-state index contributed by atoms with van der Waals surface area (Å²) in [6.07, 6.45) is 1.54. The number of hydrogen-bond donors (Lipinski definition) is 4. The average molecular weight is 258 g/mol. The first kappa shape index (κ1) is 15.2. The Labute approximate surface area is 109 Å². The van der Waals surface area contributed by atoms with Gasteiger partial charge in [-0.15, -0.1) is 0 Å². The van der Waals surface area contributed by atoms with Crippen molar-refractivity contribution < 1.29 is 9.90 Å². The number of aliphatic hydroxyl groups is 1. The number of hydrogen-bond acceptors (Lipinski definition) is 4. The molecule has 1 aliphatic rings. The lowest BCUT2D eigenvalue weighted by molar-refractivity contribution is 0.0972. The fourth-order valence-corrected chi connectivity index (χ4v) is 2.20. The number of aliphatic hydroxyl groups excluding tert-OH is 1. The van der Waals surface area contributed by atoms with Crippen LogP contribution in [0.4, 0.5) is 4.79 Å². The second-order valence-electron chi connectivity index (χ2n) is 5.26. The number of carbonyl (C=O) groups is 1. The third kappa shape index (κ3) is 5.66. The van der Waals surface area contributed by atoms with Crippen molar-refractivity contribution in [1.82, 2.24) is 15.5 Å². The SMILES string of the molecule is CC(C)NC(=O)N[C@@H]1CCCN(CC(O)CN)C1.